The molecule has 1 fully saturated rings. The Balaban J connectivity index is 1.69. The molecule has 0 radical (unpaired) electrons. The minimum absolute atomic E-state index is 0.269. The zero-order valence-electron chi connectivity index (χ0n) is 14.1. The summed E-state index contributed by atoms with van der Waals surface area (Å²) in [6.07, 6.45) is 1.72. The van der Waals surface area contributed by atoms with Crippen molar-refractivity contribution in [1.29, 1.82) is 0 Å². The minimum Gasteiger partial charge on any atom is -0.349 e. The van der Waals surface area contributed by atoms with Gasteiger partial charge in [0.25, 0.3) is 0 Å². The molecule has 1 aliphatic rings. The lowest BCUT2D eigenvalue weighted by atomic mass is 10.1. The fourth-order valence-corrected chi connectivity index (χ4v) is 3.22. The zero-order chi connectivity index (χ0) is 17.7. The first kappa shape index (κ1) is 15.0. The molecular formula is C20H16FN5. The number of aromatic nitrogens is 4. The van der Waals surface area contributed by atoms with Gasteiger partial charge in [-0.2, -0.15) is 5.10 Å². The van der Waals surface area contributed by atoms with Crippen LogP contribution in [0.1, 0.15) is 6.92 Å². The van der Waals surface area contributed by atoms with Gasteiger partial charge in [-0.3, -0.25) is 5.10 Å². The lowest BCUT2D eigenvalue weighted by Crippen LogP contribution is -2.02. The second-order valence-electron chi connectivity index (χ2n) is 6.55. The monoisotopic (exact) mass is 345 g/mol. The molecule has 1 saturated heterocycles. The van der Waals surface area contributed by atoms with Gasteiger partial charge in [-0.05, 0) is 43.3 Å². The largest absolute Gasteiger partial charge is 0.349 e. The van der Waals surface area contributed by atoms with Gasteiger partial charge in [-0.25, -0.2) is 14.4 Å². The predicted molar refractivity (Wildman–Crippen MR) is 99.3 cm³/mol. The molecule has 5 rings (SSSR count). The molecule has 1 atom stereocenters. The van der Waals surface area contributed by atoms with Crippen molar-refractivity contribution in [3.05, 3.63) is 60.5 Å². The van der Waals surface area contributed by atoms with Crippen molar-refractivity contribution in [3.8, 4) is 22.6 Å². The molecule has 0 spiro atoms. The van der Waals surface area contributed by atoms with Crippen LogP contribution in [0.2, 0.25) is 0 Å². The smallest absolute Gasteiger partial charge is 0.165 e. The number of halogens is 1. The van der Waals surface area contributed by atoms with Gasteiger partial charge in [-0.15, -0.1) is 0 Å². The Morgan fingerprint density at radius 2 is 1.85 bits per heavy atom. The lowest BCUT2D eigenvalue weighted by Gasteiger charge is -2.10. The van der Waals surface area contributed by atoms with Crippen LogP contribution in [-0.2, 0) is 0 Å². The van der Waals surface area contributed by atoms with Crippen LogP contribution < -0.4 is 4.90 Å². The van der Waals surface area contributed by atoms with E-state index in [0.29, 0.717) is 11.9 Å². The highest BCUT2D eigenvalue weighted by Gasteiger charge is 2.32. The highest BCUT2D eigenvalue weighted by molar-refractivity contribution is 5.93. The Labute approximate surface area is 149 Å². The summed E-state index contributed by atoms with van der Waals surface area (Å²) in [5.74, 6) is 1.30. The molecule has 128 valence electrons. The van der Waals surface area contributed by atoms with E-state index in [2.05, 4.69) is 28.1 Å². The first-order valence-electron chi connectivity index (χ1n) is 8.54. The van der Waals surface area contributed by atoms with Crippen LogP contribution in [0.4, 0.5) is 10.2 Å². The first-order chi connectivity index (χ1) is 12.7. The molecule has 3 heterocycles. The number of benzene rings is 2. The summed E-state index contributed by atoms with van der Waals surface area (Å²) >= 11 is 0. The Morgan fingerprint density at radius 3 is 2.62 bits per heavy atom. The highest BCUT2D eigenvalue weighted by atomic mass is 19.1. The molecular weight excluding hydrogens is 329 g/mol. The average molecular weight is 345 g/mol. The minimum atomic E-state index is -0.269. The number of anilines is 1. The fraction of sp³-hybridized carbons (Fsp3) is 0.150. The molecule has 2 aromatic carbocycles. The summed E-state index contributed by atoms with van der Waals surface area (Å²) in [4.78, 5) is 11.8. The Bertz CT molecular complexity index is 1100. The second-order valence-corrected chi connectivity index (χ2v) is 6.55. The predicted octanol–water partition coefficient (Wildman–Crippen LogP) is 4.03. The lowest BCUT2D eigenvalue weighted by molar-refractivity contribution is 0.628. The van der Waals surface area contributed by atoms with E-state index >= 15 is 0 Å². The normalized spacial score (nSPS) is 16.2. The number of nitrogens with zero attached hydrogens (tertiary/aromatic N) is 4. The standard InChI is InChI=1S/C20H16FN5/c1-12-11-26(12)20-15-4-2-3-5-17(15)23-19(24-20)16-10-22-25-18(16)13-6-8-14(21)9-7-13/h2-10,12H,11H2,1H3,(H,22,25). The van der Waals surface area contributed by atoms with Crippen LogP contribution >= 0.6 is 0 Å². The van der Waals surface area contributed by atoms with Crippen molar-refractivity contribution in [1.82, 2.24) is 20.2 Å². The van der Waals surface area contributed by atoms with Gasteiger partial charge in [-0.1, -0.05) is 12.1 Å². The van der Waals surface area contributed by atoms with E-state index in [4.69, 9.17) is 9.97 Å². The van der Waals surface area contributed by atoms with Crippen LogP contribution in [-0.4, -0.2) is 32.8 Å². The van der Waals surface area contributed by atoms with Gasteiger partial charge in [0.2, 0.25) is 0 Å². The third-order valence-corrected chi connectivity index (χ3v) is 4.73. The summed E-state index contributed by atoms with van der Waals surface area (Å²) in [6.45, 7) is 3.18. The average Bonchev–Trinajstić information content (AvgIpc) is 3.18. The SMILES string of the molecule is CC1CN1c1nc(-c2cn[nH]c2-c2ccc(F)cc2)nc2ccccc12. The van der Waals surface area contributed by atoms with Gasteiger partial charge in [0.15, 0.2) is 5.82 Å². The molecule has 0 amide bonds. The van der Waals surface area contributed by atoms with Gasteiger partial charge < -0.3 is 4.90 Å². The van der Waals surface area contributed by atoms with E-state index in [1.54, 1.807) is 18.3 Å². The van der Waals surface area contributed by atoms with Crippen LogP contribution in [0, 0.1) is 5.82 Å². The first-order valence-corrected chi connectivity index (χ1v) is 8.54. The van der Waals surface area contributed by atoms with Crippen molar-refractivity contribution in [3.63, 3.8) is 0 Å². The van der Waals surface area contributed by atoms with E-state index < -0.39 is 0 Å². The molecule has 5 nitrogen and oxygen atoms in total. The summed E-state index contributed by atoms with van der Waals surface area (Å²) in [5.41, 5.74) is 3.33. The van der Waals surface area contributed by atoms with Crippen molar-refractivity contribution in [2.45, 2.75) is 13.0 Å². The van der Waals surface area contributed by atoms with Crippen LogP contribution in [0.5, 0.6) is 0 Å². The maximum absolute atomic E-state index is 13.3. The summed E-state index contributed by atoms with van der Waals surface area (Å²) < 4.78 is 13.3. The van der Waals surface area contributed by atoms with E-state index in [1.807, 2.05) is 18.2 Å². The van der Waals surface area contributed by atoms with Crippen LogP contribution in [0.25, 0.3) is 33.5 Å². The molecule has 1 N–H and O–H groups in total. The van der Waals surface area contributed by atoms with Gasteiger partial charge in [0.1, 0.15) is 11.6 Å². The summed E-state index contributed by atoms with van der Waals surface area (Å²) in [7, 11) is 0. The molecule has 1 aliphatic heterocycles. The molecule has 0 saturated carbocycles. The Kier molecular flexibility index (Phi) is 3.25. The number of hydrogen-bond donors (Lipinski definition) is 1. The Hall–Kier alpha value is -3.28. The molecule has 1 unspecified atom stereocenters. The molecule has 0 bridgehead atoms. The van der Waals surface area contributed by atoms with Gasteiger partial charge in [0.05, 0.1) is 23.0 Å². The number of rotatable bonds is 3. The highest BCUT2D eigenvalue weighted by Crippen LogP contribution is 2.35. The zero-order valence-corrected chi connectivity index (χ0v) is 14.1. The number of hydrogen-bond acceptors (Lipinski definition) is 4. The molecule has 26 heavy (non-hydrogen) atoms. The second kappa shape index (κ2) is 5.62. The molecule has 0 aliphatic carbocycles. The van der Waals surface area contributed by atoms with Crippen molar-refractivity contribution in [2.75, 3.05) is 11.4 Å². The van der Waals surface area contributed by atoms with E-state index in [-0.39, 0.29) is 5.82 Å². The number of H-pyrrole nitrogens is 1. The van der Waals surface area contributed by atoms with Crippen LogP contribution in [0.15, 0.2) is 54.7 Å². The number of aromatic amines is 1. The number of nitrogens with one attached hydrogen (secondary N) is 1. The third kappa shape index (κ3) is 2.42. The summed E-state index contributed by atoms with van der Waals surface area (Å²) in [6, 6.07) is 14.8. The van der Waals surface area contributed by atoms with E-state index in [1.165, 1.54) is 12.1 Å². The van der Waals surface area contributed by atoms with Gasteiger partial charge >= 0.3 is 0 Å². The van der Waals surface area contributed by atoms with Crippen LogP contribution in [0.3, 0.4) is 0 Å². The molecule has 2 aromatic heterocycles. The summed E-state index contributed by atoms with van der Waals surface area (Å²) in [5, 5.41) is 8.21. The molecule has 4 aromatic rings. The molecule has 6 heteroatoms. The fourth-order valence-electron chi connectivity index (χ4n) is 3.22. The van der Waals surface area contributed by atoms with Crippen molar-refractivity contribution >= 4 is 16.7 Å². The third-order valence-electron chi connectivity index (χ3n) is 4.73. The van der Waals surface area contributed by atoms with Crippen molar-refractivity contribution in [2.24, 2.45) is 0 Å². The number of fused-ring (bicyclic) bond motifs is 1. The number of para-hydroxylation sites is 1. The Morgan fingerprint density at radius 1 is 1.08 bits per heavy atom. The maximum atomic E-state index is 13.3. The van der Waals surface area contributed by atoms with E-state index in [0.717, 1.165) is 40.1 Å². The van der Waals surface area contributed by atoms with Crippen molar-refractivity contribution < 1.29 is 4.39 Å². The topological polar surface area (TPSA) is 57.5 Å². The quantitative estimate of drug-likeness (QED) is 0.570. The van der Waals surface area contributed by atoms with Gasteiger partial charge in [0, 0.05) is 23.5 Å². The maximum Gasteiger partial charge on any atom is 0.165 e. The van der Waals surface area contributed by atoms with E-state index in [9.17, 15) is 4.39 Å².